The largest absolute Gasteiger partial charge is 0.346 e. The number of H-pyrrole nitrogens is 1. The van der Waals surface area contributed by atoms with Crippen molar-refractivity contribution in [3.8, 4) is 0 Å². The van der Waals surface area contributed by atoms with Crippen molar-refractivity contribution in [2.45, 2.75) is 31.7 Å². The van der Waals surface area contributed by atoms with E-state index < -0.39 is 0 Å². The number of nitrogens with two attached hydrogens (primary N) is 1. The fourth-order valence-electron chi connectivity index (χ4n) is 3.54. The molecule has 1 aliphatic heterocycles. The van der Waals surface area contributed by atoms with E-state index in [2.05, 4.69) is 27.1 Å². The number of fused-ring (bicyclic) bond motifs is 1. The van der Waals surface area contributed by atoms with E-state index in [9.17, 15) is 4.79 Å². The Morgan fingerprint density at radius 1 is 1.50 bits per heavy atom. The van der Waals surface area contributed by atoms with Crippen LogP contribution in [0.1, 0.15) is 24.8 Å². The lowest BCUT2D eigenvalue weighted by molar-refractivity contribution is -0.119. The van der Waals surface area contributed by atoms with Crippen molar-refractivity contribution in [2.75, 3.05) is 23.7 Å². The van der Waals surface area contributed by atoms with Crippen LogP contribution in [-0.2, 0) is 4.79 Å². The average molecular weight is 394 g/mol. The fraction of sp³-hybridized carbons (Fsp3) is 0.444. The number of aromatic amines is 1. The van der Waals surface area contributed by atoms with Crippen LogP contribution in [0.25, 0.3) is 11.0 Å². The van der Waals surface area contributed by atoms with E-state index in [0.717, 1.165) is 58.7 Å². The minimum Gasteiger partial charge on any atom is -0.346 e. The van der Waals surface area contributed by atoms with Crippen molar-refractivity contribution in [3.05, 3.63) is 35.1 Å². The van der Waals surface area contributed by atoms with E-state index in [-0.39, 0.29) is 23.9 Å². The zero-order valence-electron chi connectivity index (χ0n) is 14.7. The molecule has 3 heterocycles. The minimum atomic E-state index is -0.193. The number of carbonyl (C=O) groups excluding carboxylic acids is 1. The van der Waals surface area contributed by atoms with E-state index in [1.807, 2.05) is 18.5 Å². The molecule has 0 radical (unpaired) electrons. The third kappa shape index (κ3) is 3.31. The van der Waals surface area contributed by atoms with Gasteiger partial charge in [0.1, 0.15) is 5.65 Å². The standard InChI is InChI=1S/C18H23N5OS.ClH/c1-12-9-21-16-15(12)13(3-6-20-16)23-7-8-25-14(10-23)17(24)22-18(11-19)4-2-5-18;/h3,6,9-10H,2,4-5,7-8,11,19H2,1H3,(H,20,21)(H,22,24);1H. The molecule has 4 N–H and O–H groups in total. The molecule has 8 heteroatoms. The van der Waals surface area contributed by atoms with Crippen molar-refractivity contribution < 1.29 is 4.79 Å². The maximum atomic E-state index is 12.7. The quantitative estimate of drug-likeness (QED) is 0.743. The summed E-state index contributed by atoms with van der Waals surface area (Å²) < 4.78 is 0. The van der Waals surface area contributed by atoms with E-state index in [1.54, 1.807) is 18.0 Å². The number of pyridine rings is 1. The van der Waals surface area contributed by atoms with Gasteiger partial charge in [-0.05, 0) is 37.8 Å². The molecule has 0 unspecified atom stereocenters. The van der Waals surface area contributed by atoms with Gasteiger partial charge in [0.05, 0.1) is 16.1 Å². The van der Waals surface area contributed by atoms with Crippen LogP contribution in [0.2, 0.25) is 0 Å². The second kappa shape index (κ2) is 7.50. The summed E-state index contributed by atoms with van der Waals surface area (Å²) in [6.07, 6.45) is 8.83. The van der Waals surface area contributed by atoms with Gasteiger partial charge in [0.2, 0.25) is 0 Å². The van der Waals surface area contributed by atoms with Gasteiger partial charge in [-0.15, -0.1) is 24.2 Å². The van der Waals surface area contributed by atoms with Crippen LogP contribution in [0.5, 0.6) is 0 Å². The summed E-state index contributed by atoms with van der Waals surface area (Å²) in [4.78, 5) is 23.2. The summed E-state index contributed by atoms with van der Waals surface area (Å²) in [5.41, 5.74) is 8.81. The van der Waals surface area contributed by atoms with Gasteiger partial charge in [-0.1, -0.05) is 0 Å². The maximum Gasteiger partial charge on any atom is 0.259 e. The first-order chi connectivity index (χ1) is 12.1. The van der Waals surface area contributed by atoms with E-state index >= 15 is 0 Å². The second-order valence-electron chi connectivity index (χ2n) is 6.85. The average Bonchev–Trinajstić information content (AvgIpc) is 2.99. The highest BCUT2D eigenvalue weighted by Gasteiger charge is 2.37. The smallest absolute Gasteiger partial charge is 0.259 e. The summed E-state index contributed by atoms with van der Waals surface area (Å²) in [6.45, 7) is 3.45. The summed E-state index contributed by atoms with van der Waals surface area (Å²) >= 11 is 1.61. The lowest BCUT2D eigenvalue weighted by Crippen LogP contribution is -2.58. The molecule has 1 aliphatic carbocycles. The first kappa shape index (κ1) is 19.1. The highest BCUT2D eigenvalue weighted by molar-refractivity contribution is 8.04. The Labute approximate surface area is 163 Å². The highest BCUT2D eigenvalue weighted by Crippen LogP contribution is 2.34. The van der Waals surface area contributed by atoms with Crippen LogP contribution in [-0.4, -0.2) is 40.3 Å². The maximum absolute atomic E-state index is 12.7. The highest BCUT2D eigenvalue weighted by atomic mass is 35.5. The van der Waals surface area contributed by atoms with E-state index in [1.165, 1.54) is 0 Å². The van der Waals surface area contributed by atoms with Gasteiger partial charge in [-0.3, -0.25) is 4.79 Å². The Bertz CT molecular complexity index is 840. The van der Waals surface area contributed by atoms with Crippen molar-refractivity contribution in [2.24, 2.45) is 5.73 Å². The predicted octanol–water partition coefficient (Wildman–Crippen LogP) is 2.69. The predicted molar refractivity (Wildman–Crippen MR) is 110 cm³/mol. The lowest BCUT2D eigenvalue weighted by atomic mass is 9.77. The van der Waals surface area contributed by atoms with Gasteiger partial charge < -0.3 is 20.9 Å². The Hall–Kier alpha value is -1.70. The van der Waals surface area contributed by atoms with Crippen LogP contribution >= 0.6 is 24.2 Å². The van der Waals surface area contributed by atoms with Crippen LogP contribution in [0.4, 0.5) is 5.69 Å². The van der Waals surface area contributed by atoms with Crippen LogP contribution in [0.3, 0.4) is 0 Å². The Morgan fingerprint density at radius 3 is 3.00 bits per heavy atom. The van der Waals surface area contributed by atoms with Crippen LogP contribution < -0.4 is 16.0 Å². The Kier molecular flexibility index (Phi) is 5.50. The Balaban J connectivity index is 0.00000196. The molecule has 2 aliphatic rings. The van der Waals surface area contributed by atoms with Gasteiger partial charge >= 0.3 is 0 Å². The molecule has 26 heavy (non-hydrogen) atoms. The lowest BCUT2D eigenvalue weighted by Gasteiger charge is -2.42. The molecule has 1 fully saturated rings. The van der Waals surface area contributed by atoms with Gasteiger partial charge in [-0.2, -0.15) is 0 Å². The molecule has 0 bridgehead atoms. The monoisotopic (exact) mass is 393 g/mol. The Morgan fingerprint density at radius 2 is 2.31 bits per heavy atom. The number of nitrogens with zero attached hydrogens (tertiary/aromatic N) is 2. The SMILES string of the molecule is Cc1c[nH]c2nccc(N3C=C(C(=O)NC4(CN)CCC4)SCC3)c12.Cl. The van der Waals surface area contributed by atoms with Crippen molar-refractivity contribution >= 4 is 46.8 Å². The minimum absolute atomic E-state index is 0. The summed E-state index contributed by atoms with van der Waals surface area (Å²) in [5.74, 6) is 0.873. The number of aromatic nitrogens is 2. The van der Waals surface area contributed by atoms with Crippen LogP contribution in [0, 0.1) is 6.92 Å². The molecule has 6 nitrogen and oxygen atoms in total. The number of hydrogen-bond donors (Lipinski definition) is 3. The zero-order valence-corrected chi connectivity index (χ0v) is 16.4. The molecular weight excluding hydrogens is 370 g/mol. The number of amides is 1. The zero-order chi connectivity index (χ0) is 17.4. The molecule has 0 spiro atoms. The number of rotatable bonds is 4. The molecule has 2 aromatic heterocycles. The van der Waals surface area contributed by atoms with E-state index in [4.69, 9.17) is 5.73 Å². The molecule has 0 saturated heterocycles. The molecular formula is C18H24ClN5OS. The number of halogens is 1. The van der Waals surface area contributed by atoms with E-state index in [0.29, 0.717) is 6.54 Å². The number of anilines is 1. The first-order valence-electron chi connectivity index (χ1n) is 8.68. The number of aryl methyl sites for hydroxylation is 1. The van der Waals surface area contributed by atoms with Gasteiger partial charge in [0.15, 0.2) is 0 Å². The van der Waals surface area contributed by atoms with Crippen molar-refractivity contribution in [1.82, 2.24) is 15.3 Å². The molecule has 0 aromatic carbocycles. The van der Waals surface area contributed by atoms with Gasteiger partial charge in [0.25, 0.3) is 5.91 Å². The van der Waals surface area contributed by atoms with Crippen molar-refractivity contribution in [1.29, 1.82) is 0 Å². The number of thioether (sulfide) groups is 1. The summed E-state index contributed by atoms with van der Waals surface area (Å²) in [6, 6.07) is 2.01. The van der Waals surface area contributed by atoms with Crippen LogP contribution in [0.15, 0.2) is 29.6 Å². The van der Waals surface area contributed by atoms with Gasteiger partial charge in [-0.25, -0.2) is 4.98 Å². The molecule has 0 atom stereocenters. The molecule has 2 aromatic rings. The van der Waals surface area contributed by atoms with Gasteiger partial charge in [0, 0.05) is 42.8 Å². The topological polar surface area (TPSA) is 87.0 Å². The summed E-state index contributed by atoms with van der Waals surface area (Å²) in [5, 5.41) is 4.28. The normalized spacial score (nSPS) is 18.7. The molecule has 1 saturated carbocycles. The second-order valence-corrected chi connectivity index (χ2v) is 7.99. The molecule has 140 valence electrons. The molecule has 4 rings (SSSR count). The third-order valence-corrected chi connectivity index (χ3v) is 6.21. The number of nitrogens with one attached hydrogen (secondary N) is 2. The first-order valence-corrected chi connectivity index (χ1v) is 9.67. The van der Waals surface area contributed by atoms with Crippen molar-refractivity contribution in [3.63, 3.8) is 0 Å². The molecule has 1 amide bonds. The fourth-order valence-corrected chi connectivity index (χ4v) is 4.43. The third-order valence-electron chi connectivity index (χ3n) is 5.22. The number of hydrogen-bond acceptors (Lipinski definition) is 5. The summed E-state index contributed by atoms with van der Waals surface area (Å²) in [7, 11) is 0. The number of carbonyl (C=O) groups is 1.